The summed E-state index contributed by atoms with van der Waals surface area (Å²) in [5.41, 5.74) is 0. The summed E-state index contributed by atoms with van der Waals surface area (Å²) < 4.78 is 14.8. The van der Waals surface area contributed by atoms with E-state index in [0.29, 0.717) is 13.1 Å². The summed E-state index contributed by atoms with van der Waals surface area (Å²) in [6, 6.07) is 0. The SMILES string of the molecule is COCC(=O)N(CCC(=O)OC)CCN1CCOCC1. The van der Waals surface area contributed by atoms with Crippen LogP contribution in [0, 0.1) is 0 Å². The second-order valence-electron chi connectivity index (χ2n) is 4.59. The van der Waals surface area contributed by atoms with E-state index in [2.05, 4.69) is 9.64 Å². The second kappa shape index (κ2) is 9.68. The number of hydrogen-bond donors (Lipinski definition) is 0. The summed E-state index contributed by atoms with van der Waals surface area (Å²) >= 11 is 0. The van der Waals surface area contributed by atoms with Crippen molar-refractivity contribution < 1.29 is 23.8 Å². The van der Waals surface area contributed by atoms with Crippen molar-refractivity contribution in [3.8, 4) is 0 Å². The first-order valence-electron chi connectivity index (χ1n) is 6.81. The van der Waals surface area contributed by atoms with Gasteiger partial charge in [-0.05, 0) is 0 Å². The summed E-state index contributed by atoms with van der Waals surface area (Å²) in [4.78, 5) is 27.0. The lowest BCUT2D eigenvalue weighted by Gasteiger charge is -2.30. The minimum Gasteiger partial charge on any atom is -0.469 e. The van der Waals surface area contributed by atoms with Gasteiger partial charge in [-0.2, -0.15) is 0 Å². The Morgan fingerprint density at radius 3 is 2.50 bits per heavy atom. The molecule has 1 saturated heterocycles. The van der Waals surface area contributed by atoms with Crippen LogP contribution in [0.4, 0.5) is 0 Å². The van der Waals surface area contributed by atoms with E-state index in [1.54, 1.807) is 4.90 Å². The molecule has 0 spiro atoms. The van der Waals surface area contributed by atoms with Gasteiger partial charge in [-0.1, -0.05) is 0 Å². The van der Waals surface area contributed by atoms with Gasteiger partial charge in [0.1, 0.15) is 6.61 Å². The molecule has 7 heteroatoms. The van der Waals surface area contributed by atoms with Crippen LogP contribution in [0.1, 0.15) is 6.42 Å². The van der Waals surface area contributed by atoms with Crippen molar-refractivity contribution in [2.24, 2.45) is 0 Å². The van der Waals surface area contributed by atoms with Crippen LogP contribution in [-0.2, 0) is 23.8 Å². The summed E-state index contributed by atoms with van der Waals surface area (Å²) in [7, 11) is 2.83. The van der Waals surface area contributed by atoms with E-state index in [1.807, 2.05) is 0 Å². The predicted octanol–water partition coefficient (Wildman–Crippen LogP) is -0.643. The van der Waals surface area contributed by atoms with Gasteiger partial charge < -0.3 is 19.1 Å². The zero-order valence-corrected chi connectivity index (χ0v) is 12.3. The van der Waals surface area contributed by atoms with Gasteiger partial charge in [0, 0.05) is 39.8 Å². The number of rotatable bonds is 8. The van der Waals surface area contributed by atoms with Gasteiger partial charge in [0.05, 0.1) is 26.7 Å². The quantitative estimate of drug-likeness (QED) is 0.553. The first-order chi connectivity index (χ1) is 9.67. The maximum Gasteiger partial charge on any atom is 0.307 e. The van der Waals surface area contributed by atoms with Crippen molar-refractivity contribution in [1.29, 1.82) is 0 Å². The molecule has 1 aliphatic rings. The van der Waals surface area contributed by atoms with Crippen LogP contribution in [0.5, 0.6) is 0 Å². The van der Waals surface area contributed by atoms with Crippen LogP contribution in [0.2, 0.25) is 0 Å². The molecular formula is C13H24N2O5. The standard InChI is InChI=1S/C13H24N2O5/c1-18-11-12(16)15(4-3-13(17)19-2)6-5-14-7-9-20-10-8-14/h3-11H2,1-2H3. The molecule has 116 valence electrons. The Morgan fingerprint density at radius 1 is 1.20 bits per heavy atom. The molecule has 0 aromatic carbocycles. The smallest absolute Gasteiger partial charge is 0.307 e. The zero-order valence-electron chi connectivity index (χ0n) is 12.3. The number of methoxy groups -OCH3 is 2. The third-order valence-electron chi connectivity index (χ3n) is 3.22. The predicted molar refractivity (Wildman–Crippen MR) is 72.3 cm³/mol. The zero-order chi connectivity index (χ0) is 14.8. The molecule has 0 aromatic rings. The van der Waals surface area contributed by atoms with Crippen molar-refractivity contribution in [2.45, 2.75) is 6.42 Å². The highest BCUT2D eigenvalue weighted by Gasteiger charge is 2.17. The average Bonchev–Trinajstić information content (AvgIpc) is 2.48. The Kier molecular flexibility index (Phi) is 8.17. The number of amides is 1. The highest BCUT2D eigenvalue weighted by molar-refractivity contribution is 5.78. The number of hydrogen-bond acceptors (Lipinski definition) is 6. The summed E-state index contributed by atoms with van der Waals surface area (Å²) in [5, 5.41) is 0. The number of esters is 1. The lowest BCUT2D eigenvalue weighted by atomic mass is 10.3. The molecular weight excluding hydrogens is 264 g/mol. The normalized spacial score (nSPS) is 15.9. The Labute approximate surface area is 119 Å². The fraction of sp³-hybridized carbons (Fsp3) is 0.846. The molecule has 0 N–H and O–H groups in total. The molecule has 0 radical (unpaired) electrons. The van der Waals surface area contributed by atoms with Gasteiger partial charge in [0.2, 0.25) is 5.91 Å². The number of nitrogens with zero attached hydrogens (tertiary/aromatic N) is 2. The van der Waals surface area contributed by atoms with Crippen molar-refractivity contribution in [3.63, 3.8) is 0 Å². The number of ether oxygens (including phenoxy) is 3. The summed E-state index contributed by atoms with van der Waals surface area (Å²) in [5.74, 6) is -0.420. The molecule has 0 aliphatic carbocycles. The molecule has 7 nitrogen and oxygen atoms in total. The molecule has 0 unspecified atom stereocenters. The van der Waals surface area contributed by atoms with Crippen LogP contribution in [0.25, 0.3) is 0 Å². The van der Waals surface area contributed by atoms with Crippen LogP contribution in [0.15, 0.2) is 0 Å². The van der Waals surface area contributed by atoms with Gasteiger partial charge in [-0.25, -0.2) is 0 Å². The lowest BCUT2D eigenvalue weighted by Crippen LogP contribution is -2.44. The summed E-state index contributed by atoms with van der Waals surface area (Å²) in [6.07, 6.45) is 0.203. The van der Waals surface area contributed by atoms with Crippen molar-refractivity contribution in [3.05, 3.63) is 0 Å². The monoisotopic (exact) mass is 288 g/mol. The number of carbonyl (C=O) groups excluding carboxylic acids is 2. The van der Waals surface area contributed by atoms with Crippen LogP contribution in [-0.4, -0.2) is 88.4 Å². The fourth-order valence-corrected chi connectivity index (χ4v) is 1.99. The Morgan fingerprint density at radius 2 is 1.90 bits per heavy atom. The molecule has 0 atom stereocenters. The highest BCUT2D eigenvalue weighted by Crippen LogP contribution is 2.00. The number of carbonyl (C=O) groups is 2. The topological polar surface area (TPSA) is 68.3 Å². The average molecular weight is 288 g/mol. The van der Waals surface area contributed by atoms with Gasteiger partial charge in [0.25, 0.3) is 0 Å². The van der Waals surface area contributed by atoms with Gasteiger partial charge in [-0.15, -0.1) is 0 Å². The van der Waals surface area contributed by atoms with Gasteiger partial charge in [-0.3, -0.25) is 14.5 Å². The minimum atomic E-state index is -0.313. The van der Waals surface area contributed by atoms with E-state index in [9.17, 15) is 9.59 Å². The Balaban J connectivity index is 2.39. The van der Waals surface area contributed by atoms with E-state index in [1.165, 1.54) is 14.2 Å². The van der Waals surface area contributed by atoms with Crippen LogP contribution < -0.4 is 0 Å². The van der Waals surface area contributed by atoms with Crippen molar-refractivity contribution in [2.75, 3.05) is 66.8 Å². The molecule has 1 heterocycles. The minimum absolute atomic E-state index is 0.0320. The van der Waals surface area contributed by atoms with Crippen molar-refractivity contribution >= 4 is 11.9 Å². The molecule has 1 amide bonds. The van der Waals surface area contributed by atoms with E-state index in [4.69, 9.17) is 9.47 Å². The largest absolute Gasteiger partial charge is 0.469 e. The maximum absolute atomic E-state index is 11.9. The third-order valence-corrected chi connectivity index (χ3v) is 3.22. The molecule has 1 rings (SSSR count). The molecule has 0 bridgehead atoms. The van der Waals surface area contributed by atoms with Gasteiger partial charge >= 0.3 is 5.97 Å². The first-order valence-corrected chi connectivity index (χ1v) is 6.81. The van der Waals surface area contributed by atoms with E-state index in [0.717, 1.165) is 32.8 Å². The number of morpholine rings is 1. The van der Waals surface area contributed by atoms with Crippen LogP contribution >= 0.6 is 0 Å². The Hall–Kier alpha value is -1.18. The maximum atomic E-state index is 11.9. The van der Waals surface area contributed by atoms with Crippen molar-refractivity contribution in [1.82, 2.24) is 9.80 Å². The highest BCUT2D eigenvalue weighted by atomic mass is 16.5. The molecule has 1 fully saturated rings. The second-order valence-corrected chi connectivity index (χ2v) is 4.59. The lowest BCUT2D eigenvalue weighted by molar-refractivity contribution is -0.142. The molecule has 0 aromatic heterocycles. The molecule has 20 heavy (non-hydrogen) atoms. The van der Waals surface area contributed by atoms with Gasteiger partial charge in [0.15, 0.2) is 0 Å². The third kappa shape index (κ3) is 6.31. The molecule has 0 saturated carbocycles. The Bertz CT molecular complexity index is 305. The van der Waals surface area contributed by atoms with Crippen LogP contribution in [0.3, 0.4) is 0 Å². The summed E-state index contributed by atoms with van der Waals surface area (Å²) in [6.45, 7) is 4.97. The van der Waals surface area contributed by atoms with E-state index < -0.39 is 0 Å². The first kappa shape index (κ1) is 16.9. The van der Waals surface area contributed by atoms with E-state index >= 15 is 0 Å². The fourth-order valence-electron chi connectivity index (χ4n) is 1.99. The van der Waals surface area contributed by atoms with E-state index in [-0.39, 0.29) is 24.9 Å². The molecule has 1 aliphatic heterocycles.